The molecule has 0 bridgehead atoms. The van der Waals surface area contributed by atoms with Crippen molar-refractivity contribution in [3.05, 3.63) is 16.1 Å². The number of aryl methyl sites for hydroxylation is 1. The molecule has 1 atom stereocenters. The van der Waals surface area contributed by atoms with Gasteiger partial charge in [-0.2, -0.15) is 0 Å². The Balaban J connectivity index is 2.82. The lowest BCUT2D eigenvalue weighted by Crippen LogP contribution is -2.12. The van der Waals surface area contributed by atoms with Crippen LogP contribution in [0.3, 0.4) is 0 Å². The van der Waals surface area contributed by atoms with Crippen LogP contribution in [0.1, 0.15) is 22.2 Å². The van der Waals surface area contributed by atoms with Crippen molar-refractivity contribution in [2.45, 2.75) is 25.7 Å². The molecule has 1 N–H and O–H groups in total. The summed E-state index contributed by atoms with van der Waals surface area (Å²) in [6.45, 7) is 1.69. The minimum atomic E-state index is -2.66. The zero-order valence-electron chi connectivity index (χ0n) is 7.41. The Labute approximate surface area is 83.4 Å². The third-order valence-corrected chi connectivity index (χ3v) is 2.75. The van der Waals surface area contributed by atoms with Crippen LogP contribution >= 0.6 is 11.3 Å². The number of hydrogen-bond donors (Lipinski definition) is 1. The predicted octanol–water partition coefficient (Wildman–Crippen LogP) is 2.27. The Morgan fingerprint density at radius 3 is 2.71 bits per heavy atom. The molecule has 0 aliphatic rings. The number of nitrogens with zero attached hydrogens (tertiary/aromatic N) is 1. The van der Waals surface area contributed by atoms with E-state index in [1.54, 1.807) is 6.92 Å². The number of carboxylic acids is 1. The van der Waals surface area contributed by atoms with Crippen molar-refractivity contribution < 1.29 is 18.7 Å². The number of rotatable bonds is 4. The summed E-state index contributed by atoms with van der Waals surface area (Å²) in [6.07, 6.45) is -1.90. The van der Waals surface area contributed by atoms with Crippen molar-refractivity contribution in [2.24, 2.45) is 0 Å². The maximum absolute atomic E-state index is 12.5. The van der Waals surface area contributed by atoms with Crippen LogP contribution in [0, 0.1) is 6.92 Å². The molecule has 1 aromatic rings. The largest absolute Gasteiger partial charge is 0.481 e. The number of thiazole rings is 1. The summed E-state index contributed by atoms with van der Waals surface area (Å²) in [6, 6.07) is 0. The molecule has 0 fully saturated rings. The van der Waals surface area contributed by atoms with E-state index in [2.05, 4.69) is 4.98 Å². The Morgan fingerprint density at radius 1 is 1.71 bits per heavy atom. The molecule has 78 valence electrons. The predicted molar refractivity (Wildman–Crippen MR) is 47.8 cm³/mol. The molecular formula is C8H9F2NO2S. The van der Waals surface area contributed by atoms with Gasteiger partial charge in [-0.3, -0.25) is 4.79 Å². The Morgan fingerprint density at radius 2 is 2.36 bits per heavy atom. The second-order valence-corrected chi connectivity index (χ2v) is 4.09. The summed E-state index contributed by atoms with van der Waals surface area (Å²) in [7, 11) is 0. The van der Waals surface area contributed by atoms with Gasteiger partial charge in [-0.1, -0.05) is 0 Å². The highest BCUT2D eigenvalue weighted by atomic mass is 32.1. The van der Waals surface area contributed by atoms with E-state index >= 15 is 0 Å². The lowest BCUT2D eigenvalue weighted by atomic mass is 10.1. The fourth-order valence-corrected chi connectivity index (χ4v) is 1.94. The average molecular weight is 221 g/mol. The van der Waals surface area contributed by atoms with E-state index in [-0.39, 0.29) is 0 Å². The lowest BCUT2D eigenvalue weighted by Gasteiger charge is -2.10. The number of halogens is 2. The molecule has 0 spiro atoms. The molecule has 0 radical (unpaired) electrons. The second-order valence-electron chi connectivity index (χ2n) is 2.82. The van der Waals surface area contributed by atoms with E-state index in [0.29, 0.717) is 9.88 Å². The third kappa shape index (κ3) is 2.73. The first-order valence-corrected chi connectivity index (χ1v) is 4.74. The highest BCUT2D eigenvalue weighted by Gasteiger charge is 2.26. The molecule has 0 aromatic carbocycles. The van der Waals surface area contributed by atoms with E-state index < -0.39 is 24.7 Å². The summed E-state index contributed by atoms with van der Waals surface area (Å²) in [4.78, 5) is 14.5. The molecular weight excluding hydrogens is 212 g/mol. The SMILES string of the molecule is Cc1ncc(C(CC(=O)O)C(F)F)s1. The van der Waals surface area contributed by atoms with Gasteiger partial charge in [0.25, 0.3) is 0 Å². The molecule has 0 amide bonds. The maximum Gasteiger partial charge on any atom is 0.304 e. The van der Waals surface area contributed by atoms with Crippen molar-refractivity contribution in [1.29, 1.82) is 0 Å². The molecule has 0 saturated carbocycles. The number of carboxylic acid groups (broad SMARTS) is 1. The fourth-order valence-electron chi connectivity index (χ4n) is 1.05. The molecule has 3 nitrogen and oxygen atoms in total. The van der Waals surface area contributed by atoms with E-state index in [0.717, 1.165) is 11.3 Å². The summed E-state index contributed by atoms with van der Waals surface area (Å²) < 4.78 is 24.9. The van der Waals surface area contributed by atoms with Crippen LogP contribution in [0.25, 0.3) is 0 Å². The van der Waals surface area contributed by atoms with Crippen molar-refractivity contribution in [3.8, 4) is 0 Å². The summed E-state index contributed by atoms with van der Waals surface area (Å²) in [5.41, 5.74) is 0. The molecule has 14 heavy (non-hydrogen) atoms. The standard InChI is InChI=1S/C8H9F2NO2S/c1-4-11-3-6(14-4)5(8(9)10)2-7(12)13/h3,5,8H,2H2,1H3,(H,12,13). The van der Waals surface area contributed by atoms with Crippen LogP contribution in [-0.4, -0.2) is 22.5 Å². The minimum absolute atomic E-state index is 0.333. The van der Waals surface area contributed by atoms with Crippen LogP contribution in [-0.2, 0) is 4.79 Å². The van der Waals surface area contributed by atoms with E-state index in [9.17, 15) is 13.6 Å². The summed E-state index contributed by atoms with van der Waals surface area (Å²) in [5.74, 6) is -2.46. The number of carbonyl (C=O) groups is 1. The van der Waals surface area contributed by atoms with Gasteiger partial charge in [-0.25, -0.2) is 13.8 Å². The van der Waals surface area contributed by atoms with E-state index in [1.807, 2.05) is 0 Å². The van der Waals surface area contributed by atoms with Crippen LogP contribution in [0.5, 0.6) is 0 Å². The van der Waals surface area contributed by atoms with Crippen LogP contribution in [0.2, 0.25) is 0 Å². The second kappa shape index (κ2) is 4.45. The van der Waals surface area contributed by atoms with Crippen LogP contribution in [0.4, 0.5) is 8.78 Å². The molecule has 0 aliphatic carbocycles. The lowest BCUT2D eigenvalue weighted by molar-refractivity contribution is -0.138. The van der Waals surface area contributed by atoms with Gasteiger partial charge in [-0.05, 0) is 6.92 Å². The van der Waals surface area contributed by atoms with Gasteiger partial charge < -0.3 is 5.11 Å². The molecule has 6 heteroatoms. The highest BCUT2D eigenvalue weighted by Crippen LogP contribution is 2.30. The topological polar surface area (TPSA) is 50.2 Å². The summed E-state index contributed by atoms with van der Waals surface area (Å²) >= 11 is 1.11. The van der Waals surface area contributed by atoms with Crippen molar-refractivity contribution in [2.75, 3.05) is 0 Å². The molecule has 1 rings (SSSR count). The van der Waals surface area contributed by atoms with Crippen molar-refractivity contribution in [1.82, 2.24) is 4.98 Å². The van der Waals surface area contributed by atoms with Crippen molar-refractivity contribution in [3.63, 3.8) is 0 Å². The first-order valence-electron chi connectivity index (χ1n) is 3.93. The first-order chi connectivity index (χ1) is 6.50. The number of aliphatic carboxylic acids is 1. The van der Waals surface area contributed by atoms with Gasteiger partial charge in [0, 0.05) is 11.1 Å². The van der Waals surface area contributed by atoms with Crippen LogP contribution in [0.15, 0.2) is 6.20 Å². The molecule has 0 aliphatic heterocycles. The first kappa shape index (κ1) is 11.0. The van der Waals surface area contributed by atoms with Gasteiger partial charge in [0.05, 0.1) is 17.3 Å². The van der Waals surface area contributed by atoms with Gasteiger partial charge in [0.15, 0.2) is 0 Å². The number of hydrogen-bond acceptors (Lipinski definition) is 3. The number of aromatic nitrogens is 1. The highest BCUT2D eigenvalue weighted by molar-refractivity contribution is 7.11. The summed E-state index contributed by atoms with van der Waals surface area (Å²) in [5, 5.41) is 9.11. The monoisotopic (exact) mass is 221 g/mol. The van der Waals surface area contributed by atoms with Crippen LogP contribution < -0.4 is 0 Å². The fraction of sp³-hybridized carbons (Fsp3) is 0.500. The molecule has 1 unspecified atom stereocenters. The minimum Gasteiger partial charge on any atom is -0.481 e. The average Bonchev–Trinajstić information content (AvgIpc) is 2.46. The number of alkyl halides is 2. The van der Waals surface area contributed by atoms with Gasteiger partial charge in [0.1, 0.15) is 0 Å². The third-order valence-electron chi connectivity index (χ3n) is 1.70. The van der Waals surface area contributed by atoms with Gasteiger partial charge in [-0.15, -0.1) is 11.3 Å². The zero-order chi connectivity index (χ0) is 10.7. The normalized spacial score (nSPS) is 13.1. The molecule has 0 saturated heterocycles. The van der Waals surface area contributed by atoms with Gasteiger partial charge >= 0.3 is 5.97 Å². The smallest absolute Gasteiger partial charge is 0.304 e. The molecule has 1 heterocycles. The van der Waals surface area contributed by atoms with Gasteiger partial charge in [0.2, 0.25) is 6.43 Å². The van der Waals surface area contributed by atoms with E-state index in [4.69, 9.17) is 5.11 Å². The Bertz CT molecular complexity index is 327. The molecule has 1 aromatic heterocycles. The Kier molecular flexibility index (Phi) is 3.51. The zero-order valence-corrected chi connectivity index (χ0v) is 8.22. The Hall–Kier alpha value is -1.04. The van der Waals surface area contributed by atoms with E-state index in [1.165, 1.54) is 6.20 Å². The maximum atomic E-state index is 12.5. The van der Waals surface area contributed by atoms with Crippen molar-refractivity contribution >= 4 is 17.3 Å². The quantitative estimate of drug-likeness (QED) is 0.848.